The monoisotopic (exact) mass is 384 g/mol. The number of carbonyl (C=O) groups excluding carboxylic acids is 1. The summed E-state index contributed by atoms with van der Waals surface area (Å²) >= 11 is 1.48. The summed E-state index contributed by atoms with van der Waals surface area (Å²) in [6, 6.07) is 9.75. The first-order valence-corrected chi connectivity index (χ1v) is 9.63. The van der Waals surface area contributed by atoms with Crippen LogP contribution < -0.4 is 10.1 Å². The van der Waals surface area contributed by atoms with E-state index in [0.717, 1.165) is 33.3 Å². The van der Waals surface area contributed by atoms with Crippen molar-refractivity contribution in [2.75, 3.05) is 12.4 Å². The van der Waals surface area contributed by atoms with Gasteiger partial charge in [0.25, 0.3) is 0 Å². The largest absolute Gasteiger partial charge is 0.497 e. The highest BCUT2D eigenvalue weighted by molar-refractivity contribution is 7.16. The highest BCUT2D eigenvalue weighted by Gasteiger charge is 2.16. The summed E-state index contributed by atoms with van der Waals surface area (Å²) in [6.45, 7) is 7.95. The number of nitrogens with zero attached hydrogens (tertiary/aromatic N) is 3. The van der Waals surface area contributed by atoms with Crippen LogP contribution in [0, 0.1) is 20.8 Å². The fourth-order valence-corrected chi connectivity index (χ4v) is 3.94. The third-order valence-corrected chi connectivity index (χ3v) is 5.24. The Morgan fingerprint density at radius 2 is 1.96 bits per heavy atom. The second-order valence-electron chi connectivity index (χ2n) is 6.63. The van der Waals surface area contributed by atoms with E-state index in [1.807, 2.05) is 62.7 Å². The second kappa shape index (κ2) is 7.92. The van der Waals surface area contributed by atoms with Crippen LogP contribution in [0.1, 0.15) is 35.7 Å². The molecule has 0 saturated heterocycles. The number of amides is 1. The number of methoxy groups -OCH3 is 1. The molecule has 1 N–H and O–H groups in total. The van der Waals surface area contributed by atoms with E-state index in [-0.39, 0.29) is 11.9 Å². The van der Waals surface area contributed by atoms with Gasteiger partial charge in [-0.25, -0.2) is 4.98 Å². The number of rotatable bonds is 6. The maximum Gasteiger partial charge on any atom is 0.228 e. The van der Waals surface area contributed by atoms with Crippen LogP contribution in [0.5, 0.6) is 5.75 Å². The average molecular weight is 385 g/mol. The molecule has 7 heteroatoms. The molecule has 3 aromatic rings. The Labute approximate surface area is 163 Å². The molecular weight excluding hydrogens is 360 g/mol. The van der Waals surface area contributed by atoms with Crippen molar-refractivity contribution in [1.29, 1.82) is 0 Å². The van der Waals surface area contributed by atoms with Gasteiger partial charge in [0, 0.05) is 22.6 Å². The molecule has 3 rings (SSSR count). The number of thiazole rings is 1. The Bertz CT molecular complexity index is 944. The summed E-state index contributed by atoms with van der Waals surface area (Å²) in [5, 5.41) is 8.00. The molecule has 2 heterocycles. The molecule has 0 saturated carbocycles. The van der Waals surface area contributed by atoms with Gasteiger partial charge in [-0.2, -0.15) is 5.10 Å². The summed E-state index contributed by atoms with van der Waals surface area (Å²) in [6.07, 6.45) is 0.346. The van der Waals surface area contributed by atoms with E-state index in [1.54, 1.807) is 7.11 Å². The molecule has 0 radical (unpaired) electrons. The van der Waals surface area contributed by atoms with Gasteiger partial charge in [-0.05, 0) is 58.0 Å². The molecule has 1 amide bonds. The lowest BCUT2D eigenvalue weighted by Crippen LogP contribution is -2.19. The van der Waals surface area contributed by atoms with Gasteiger partial charge in [0.1, 0.15) is 5.75 Å². The smallest absolute Gasteiger partial charge is 0.228 e. The number of aryl methyl sites for hydroxylation is 3. The minimum absolute atomic E-state index is 0.0131. The van der Waals surface area contributed by atoms with Gasteiger partial charge >= 0.3 is 0 Å². The molecule has 1 aromatic carbocycles. The van der Waals surface area contributed by atoms with Crippen molar-refractivity contribution in [3.05, 3.63) is 46.6 Å². The Balaban J connectivity index is 1.68. The molecule has 2 aromatic heterocycles. The number of benzene rings is 1. The van der Waals surface area contributed by atoms with E-state index < -0.39 is 0 Å². The van der Waals surface area contributed by atoms with Gasteiger partial charge in [-0.1, -0.05) is 0 Å². The van der Waals surface area contributed by atoms with Crippen LogP contribution >= 0.6 is 11.3 Å². The van der Waals surface area contributed by atoms with Crippen molar-refractivity contribution in [3.8, 4) is 17.0 Å². The van der Waals surface area contributed by atoms with Crippen LogP contribution in [0.3, 0.4) is 0 Å². The van der Waals surface area contributed by atoms with Crippen molar-refractivity contribution in [1.82, 2.24) is 14.8 Å². The second-order valence-corrected chi connectivity index (χ2v) is 7.83. The van der Waals surface area contributed by atoms with Gasteiger partial charge in [-0.15, -0.1) is 11.3 Å². The molecule has 0 aliphatic rings. The minimum atomic E-state index is -0.0647. The Kier molecular flexibility index (Phi) is 5.60. The first-order valence-electron chi connectivity index (χ1n) is 8.82. The van der Waals surface area contributed by atoms with Crippen LogP contribution in [0.15, 0.2) is 30.3 Å². The molecule has 0 unspecified atom stereocenters. The van der Waals surface area contributed by atoms with Crippen LogP contribution in [0.2, 0.25) is 0 Å². The lowest BCUT2D eigenvalue weighted by Gasteiger charge is -2.13. The van der Waals surface area contributed by atoms with Gasteiger partial charge in [-0.3, -0.25) is 9.48 Å². The first kappa shape index (κ1) is 19.1. The van der Waals surface area contributed by atoms with E-state index >= 15 is 0 Å². The van der Waals surface area contributed by atoms with E-state index in [2.05, 4.69) is 15.4 Å². The fraction of sp³-hybridized carbons (Fsp3) is 0.350. The third-order valence-electron chi connectivity index (χ3n) is 4.35. The van der Waals surface area contributed by atoms with Gasteiger partial charge < -0.3 is 10.1 Å². The quantitative estimate of drug-likeness (QED) is 0.678. The van der Waals surface area contributed by atoms with Crippen LogP contribution in [-0.4, -0.2) is 27.8 Å². The Morgan fingerprint density at radius 1 is 1.26 bits per heavy atom. The molecule has 0 bridgehead atoms. The van der Waals surface area contributed by atoms with E-state index in [9.17, 15) is 4.79 Å². The number of anilines is 1. The summed E-state index contributed by atoms with van der Waals surface area (Å²) in [4.78, 5) is 18.1. The predicted molar refractivity (Wildman–Crippen MR) is 108 cm³/mol. The molecule has 0 fully saturated rings. The van der Waals surface area contributed by atoms with Crippen molar-refractivity contribution in [2.24, 2.45) is 0 Å². The Hall–Kier alpha value is -2.67. The summed E-state index contributed by atoms with van der Waals surface area (Å²) < 4.78 is 7.09. The zero-order chi connectivity index (χ0) is 19.6. The molecule has 27 heavy (non-hydrogen) atoms. The van der Waals surface area contributed by atoms with Gasteiger partial charge in [0.05, 0.1) is 24.5 Å². The summed E-state index contributed by atoms with van der Waals surface area (Å²) in [7, 11) is 1.64. The zero-order valence-electron chi connectivity index (χ0n) is 16.2. The molecule has 0 aliphatic carbocycles. The lowest BCUT2D eigenvalue weighted by molar-refractivity contribution is -0.116. The highest BCUT2D eigenvalue weighted by atomic mass is 32.1. The number of hydrogen-bond donors (Lipinski definition) is 1. The molecule has 0 aliphatic heterocycles. The fourth-order valence-electron chi connectivity index (χ4n) is 3.08. The SMILES string of the molecule is COc1ccc(-c2nc(NC(=O)C[C@@H](C)n3nc(C)cc3C)sc2C)cc1. The van der Waals surface area contributed by atoms with Gasteiger partial charge in [0.15, 0.2) is 5.13 Å². The predicted octanol–water partition coefficient (Wildman–Crippen LogP) is 4.53. The number of carbonyl (C=O) groups is 1. The van der Waals surface area contributed by atoms with Crippen molar-refractivity contribution in [3.63, 3.8) is 0 Å². The standard InChI is InChI=1S/C20H24N4O2S/c1-12-10-13(2)24(23-12)14(3)11-18(25)21-20-22-19(15(4)27-20)16-6-8-17(26-5)9-7-16/h6-10,14H,11H2,1-5H3,(H,21,22,25)/t14-/m1/s1. The average Bonchev–Trinajstić information content (AvgIpc) is 3.16. The molecule has 1 atom stereocenters. The number of hydrogen-bond acceptors (Lipinski definition) is 5. The van der Waals surface area contributed by atoms with Crippen LogP contribution in [0.4, 0.5) is 5.13 Å². The lowest BCUT2D eigenvalue weighted by atomic mass is 10.1. The Morgan fingerprint density at radius 3 is 2.56 bits per heavy atom. The number of nitrogens with one attached hydrogen (secondary N) is 1. The number of ether oxygens (including phenoxy) is 1. The van der Waals surface area contributed by atoms with Crippen molar-refractivity contribution in [2.45, 2.75) is 40.2 Å². The molecule has 6 nitrogen and oxygen atoms in total. The summed E-state index contributed by atoms with van der Waals surface area (Å²) in [5.41, 5.74) is 3.89. The molecule has 142 valence electrons. The van der Waals surface area contributed by atoms with Crippen molar-refractivity contribution < 1.29 is 9.53 Å². The zero-order valence-corrected chi connectivity index (χ0v) is 17.1. The van der Waals surface area contributed by atoms with Gasteiger partial charge in [0.2, 0.25) is 5.91 Å². The topological polar surface area (TPSA) is 69.0 Å². The summed E-state index contributed by atoms with van der Waals surface area (Å²) in [5.74, 6) is 0.739. The normalized spacial score (nSPS) is 12.0. The third kappa shape index (κ3) is 4.36. The maximum atomic E-state index is 12.5. The van der Waals surface area contributed by atoms with E-state index in [0.29, 0.717) is 11.6 Å². The highest BCUT2D eigenvalue weighted by Crippen LogP contribution is 2.31. The first-order chi connectivity index (χ1) is 12.9. The van der Waals surface area contributed by atoms with Crippen LogP contribution in [0.25, 0.3) is 11.3 Å². The molecular formula is C20H24N4O2S. The van der Waals surface area contributed by atoms with E-state index in [4.69, 9.17) is 4.74 Å². The van der Waals surface area contributed by atoms with E-state index in [1.165, 1.54) is 11.3 Å². The molecule has 0 spiro atoms. The number of aromatic nitrogens is 3. The van der Waals surface area contributed by atoms with Crippen molar-refractivity contribution >= 4 is 22.4 Å². The van der Waals surface area contributed by atoms with Crippen LogP contribution in [-0.2, 0) is 4.79 Å². The maximum absolute atomic E-state index is 12.5. The minimum Gasteiger partial charge on any atom is -0.497 e.